The molecule has 0 aliphatic carbocycles. The van der Waals surface area contributed by atoms with Gasteiger partial charge in [0.1, 0.15) is 0 Å². The zero-order chi connectivity index (χ0) is 16.5. The summed E-state index contributed by atoms with van der Waals surface area (Å²) in [6.45, 7) is 9.56. The number of halogens is 2. The normalized spacial score (nSPS) is 16.8. The molecular weight excluding hydrogens is 437 g/mol. The van der Waals surface area contributed by atoms with Gasteiger partial charge in [0.25, 0.3) is 0 Å². The number of nitrogens with zero attached hydrogens (tertiary/aromatic N) is 1. The van der Waals surface area contributed by atoms with Crippen LogP contribution in [0.3, 0.4) is 0 Å². The molecule has 1 aromatic carbocycles. The van der Waals surface area contributed by atoms with Gasteiger partial charge >= 0.3 is 0 Å². The number of hydrogen-bond donors (Lipinski definition) is 2. The second-order valence-corrected chi connectivity index (χ2v) is 6.20. The van der Waals surface area contributed by atoms with E-state index in [0.717, 1.165) is 43.6 Å². The standard InChI is InChI=1S/C18H26ClN3O.HI/c1-3-10-21-17(20-4-2)22-14-18(8-11-23-12-9-18)15-6-5-7-16(19)13-15;/h3,5-7,13H,1,4,8-12,14H2,2H3,(H2,20,21,22);1H. The number of rotatable bonds is 6. The van der Waals surface area contributed by atoms with Crippen LogP contribution < -0.4 is 10.6 Å². The van der Waals surface area contributed by atoms with E-state index in [0.29, 0.717) is 13.1 Å². The molecule has 1 aromatic rings. The fourth-order valence-corrected chi connectivity index (χ4v) is 3.05. The van der Waals surface area contributed by atoms with E-state index in [1.165, 1.54) is 5.56 Å². The van der Waals surface area contributed by atoms with E-state index in [4.69, 9.17) is 21.3 Å². The lowest BCUT2D eigenvalue weighted by Gasteiger charge is -2.36. The first-order valence-electron chi connectivity index (χ1n) is 8.17. The van der Waals surface area contributed by atoms with Gasteiger partial charge in [-0.15, -0.1) is 30.6 Å². The first kappa shape index (κ1) is 21.3. The van der Waals surface area contributed by atoms with Crippen molar-refractivity contribution < 1.29 is 4.74 Å². The molecule has 2 rings (SSSR count). The number of benzene rings is 1. The van der Waals surface area contributed by atoms with Crippen LogP contribution in [-0.4, -0.2) is 38.8 Å². The molecule has 1 heterocycles. The van der Waals surface area contributed by atoms with E-state index >= 15 is 0 Å². The maximum atomic E-state index is 6.20. The van der Waals surface area contributed by atoms with E-state index in [9.17, 15) is 0 Å². The van der Waals surface area contributed by atoms with Crippen LogP contribution in [0.25, 0.3) is 0 Å². The largest absolute Gasteiger partial charge is 0.381 e. The fourth-order valence-electron chi connectivity index (χ4n) is 2.86. The highest BCUT2D eigenvalue weighted by Gasteiger charge is 2.34. The Balaban J connectivity index is 0.00000288. The Labute approximate surface area is 167 Å². The SMILES string of the molecule is C=CCNC(=NCC1(c2cccc(Cl)c2)CCOCC1)NCC.I. The van der Waals surface area contributed by atoms with Gasteiger partial charge in [-0.05, 0) is 37.5 Å². The maximum absolute atomic E-state index is 6.20. The number of aliphatic imine (C=N–C) groups is 1. The highest BCUT2D eigenvalue weighted by atomic mass is 127. The smallest absolute Gasteiger partial charge is 0.191 e. The first-order chi connectivity index (χ1) is 11.2. The van der Waals surface area contributed by atoms with Crippen molar-refractivity contribution in [3.63, 3.8) is 0 Å². The van der Waals surface area contributed by atoms with E-state index < -0.39 is 0 Å². The molecule has 1 aliphatic heterocycles. The summed E-state index contributed by atoms with van der Waals surface area (Å²) in [7, 11) is 0. The summed E-state index contributed by atoms with van der Waals surface area (Å²) in [5, 5.41) is 7.30. The fraction of sp³-hybridized carbons (Fsp3) is 0.500. The van der Waals surface area contributed by atoms with Gasteiger partial charge in [0.2, 0.25) is 0 Å². The predicted octanol–water partition coefficient (Wildman–Crippen LogP) is 3.75. The van der Waals surface area contributed by atoms with Crippen molar-refractivity contribution in [1.29, 1.82) is 0 Å². The lowest BCUT2D eigenvalue weighted by atomic mass is 9.74. The number of nitrogens with one attached hydrogen (secondary N) is 2. The lowest BCUT2D eigenvalue weighted by Crippen LogP contribution is -2.41. The molecule has 0 radical (unpaired) electrons. The molecule has 6 heteroatoms. The van der Waals surface area contributed by atoms with Gasteiger partial charge in [-0.25, -0.2) is 0 Å². The third-order valence-electron chi connectivity index (χ3n) is 4.18. The minimum atomic E-state index is -0.0142. The second-order valence-electron chi connectivity index (χ2n) is 5.77. The summed E-state index contributed by atoms with van der Waals surface area (Å²) in [5.41, 5.74) is 1.23. The molecule has 0 spiro atoms. The molecule has 4 nitrogen and oxygen atoms in total. The summed E-state index contributed by atoms with van der Waals surface area (Å²) in [5.74, 6) is 0.820. The molecule has 0 unspecified atom stereocenters. The van der Waals surface area contributed by atoms with E-state index in [1.54, 1.807) is 0 Å². The van der Waals surface area contributed by atoms with Gasteiger partial charge in [-0.1, -0.05) is 29.8 Å². The van der Waals surface area contributed by atoms with Gasteiger partial charge in [0, 0.05) is 36.7 Å². The number of hydrogen-bond acceptors (Lipinski definition) is 2. The van der Waals surface area contributed by atoms with E-state index in [1.807, 2.05) is 18.2 Å². The molecule has 1 saturated heterocycles. The van der Waals surface area contributed by atoms with Gasteiger partial charge < -0.3 is 15.4 Å². The van der Waals surface area contributed by atoms with Crippen LogP contribution in [0.1, 0.15) is 25.3 Å². The Hall–Kier alpha value is -0.790. The summed E-state index contributed by atoms with van der Waals surface area (Å²) in [6.07, 6.45) is 3.74. The summed E-state index contributed by atoms with van der Waals surface area (Å²) < 4.78 is 5.57. The van der Waals surface area contributed by atoms with Gasteiger partial charge in [0.15, 0.2) is 5.96 Å². The average molecular weight is 464 g/mol. The van der Waals surface area contributed by atoms with Crippen molar-refractivity contribution in [3.05, 3.63) is 47.5 Å². The molecular formula is C18H27ClIN3O. The molecule has 2 N–H and O–H groups in total. The van der Waals surface area contributed by atoms with E-state index in [2.05, 4.69) is 36.3 Å². The highest BCUT2D eigenvalue weighted by Crippen LogP contribution is 2.36. The summed E-state index contributed by atoms with van der Waals surface area (Å²) in [6, 6.07) is 8.14. The molecule has 0 amide bonds. The van der Waals surface area contributed by atoms with Gasteiger partial charge in [-0.2, -0.15) is 0 Å². The number of guanidine groups is 1. The van der Waals surface area contributed by atoms with Crippen LogP contribution in [0.4, 0.5) is 0 Å². The Morgan fingerprint density at radius 2 is 2.12 bits per heavy atom. The summed E-state index contributed by atoms with van der Waals surface area (Å²) >= 11 is 6.20. The zero-order valence-electron chi connectivity index (χ0n) is 14.2. The van der Waals surface area contributed by atoms with Gasteiger partial charge in [0.05, 0.1) is 6.54 Å². The Bertz CT molecular complexity index is 545. The van der Waals surface area contributed by atoms with Crippen molar-refractivity contribution >= 4 is 41.5 Å². The minimum absolute atomic E-state index is 0. The van der Waals surface area contributed by atoms with Crippen LogP contribution >= 0.6 is 35.6 Å². The van der Waals surface area contributed by atoms with Crippen molar-refractivity contribution in [2.45, 2.75) is 25.2 Å². The Kier molecular flexibility index (Phi) is 9.69. The monoisotopic (exact) mass is 463 g/mol. The molecule has 1 fully saturated rings. The van der Waals surface area contributed by atoms with Gasteiger partial charge in [-0.3, -0.25) is 4.99 Å². The van der Waals surface area contributed by atoms with Crippen molar-refractivity contribution in [1.82, 2.24) is 10.6 Å². The second kappa shape index (κ2) is 10.9. The van der Waals surface area contributed by atoms with Crippen molar-refractivity contribution in [3.8, 4) is 0 Å². The van der Waals surface area contributed by atoms with Crippen LogP contribution in [0, 0.1) is 0 Å². The molecule has 24 heavy (non-hydrogen) atoms. The quantitative estimate of drug-likeness (QED) is 0.292. The molecule has 0 aromatic heterocycles. The Morgan fingerprint density at radius 3 is 2.75 bits per heavy atom. The van der Waals surface area contributed by atoms with Crippen LogP contribution in [0.2, 0.25) is 5.02 Å². The topological polar surface area (TPSA) is 45.7 Å². The third kappa shape index (κ3) is 5.93. The molecule has 0 saturated carbocycles. The Morgan fingerprint density at radius 1 is 1.38 bits per heavy atom. The lowest BCUT2D eigenvalue weighted by molar-refractivity contribution is 0.0531. The third-order valence-corrected chi connectivity index (χ3v) is 4.42. The van der Waals surface area contributed by atoms with Crippen LogP contribution in [-0.2, 0) is 10.2 Å². The van der Waals surface area contributed by atoms with Crippen molar-refractivity contribution in [2.75, 3.05) is 32.8 Å². The molecule has 0 bridgehead atoms. The van der Waals surface area contributed by atoms with Crippen molar-refractivity contribution in [2.24, 2.45) is 4.99 Å². The molecule has 1 aliphatic rings. The summed E-state index contributed by atoms with van der Waals surface area (Å²) in [4.78, 5) is 4.80. The zero-order valence-corrected chi connectivity index (χ0v) is 17.3. The minimum Gasteiger partial charge on any atom is -0.381 e. The van der Waals surface area contributed by atoms with Crippen LogP contribution in [0.15, 0.2) is 41.9 Å². The highest BCUT2D eigenvalue weighted by molar-refractivity contribution is 14.0. The first-order valence-corrected chi connectivity index (χ1v) is 8.55. The van der Waals surface area contributed by atoms with Crippen LogP contribution in [0.5, 0.6) is 0 Å². The van der Waals surface area contributed by atoms with E-state index in [-0.39, 0.29) is 29.4 Å². The molecule has 0 atom stereocenters. The maximum Gasteiger partial charge on any atom is 0.191 e. The average Bonchev–Trinajstić information content (AvgIpc) is 2.58. The number of ether oxygens (including phenoxy) is 1. The molecule has 134 valence electrons. The predicted molar refractivity (Wildman–Crippen MR) is 113 cm³/mol.